The molecule has 3 rings (SSSR count). The van der Waals surface area contributed by atoms with Crippen molar-refractivity contribution >= 4 is 11.3 Å². The van der Waals surface area contributed by atoms with Crippen LogP contribution < -0.4 is 0 Å². The van der Waals surface area contributed by atoms with Gasteiger partial charge in [-0.1, -0.05) is 11.3 Å². The minimum absolute atomic E-state index is 0.775. The molecule has 0 amide bonds. The minimum atomic E-state index is 0.775. The molecule has 5 nitrogen and oxygen atoms in total. The highest BCUT2D eigenvalue weighted by Gasteiger charge is 2.11. The van der Waals surface area contributed by atoms with E-state index in [1.165, 1.54) is 11.3 Å². The maximum Gasteiger partial charge on any atom is 0.234 e. The average molecular weight is 245 g/mol. The van der Waals surface area contributed by atoms with Gasteiger partial charge in [0.15, 0.2) is 0 Å². The lowest BCUT2D eigenvalue weighted by molar-refractivity contribution is 0.836. The predicted octanol–water partition coefficient (Wildman–Crippen LogP) is 2.13. The van der Waals surface area contributed by atoms with Gasteiger partial charge < -0.3 is 0 Å². The van der Waals surface area contributed by atoms with Gasteiger partial charge in [-0.15, -0.1) is 10.2 Å². The van der Waals surface area contributed by atoms with Crippen LogP contribution in [0.15, 0.2) is 30.6 Å². The van der Waals surface area contributed by atoms with Crippen molar-refractivity contribution in [2.75, 3.05) is 0 Å². The Labute approximate surface area is 102 Å². The largest absolute Gasteiger partial charge is 0.293 e. The molecule has 0 fully saturated rings. The summed E-state index contributed by atoms with van der Waals surface area (Å²) < 4.78 is 3.81. The first-order chi connectivity index (χ1) is 8.25. The van der Waals surface area contributed by atoms with Crippen LogP contribution in [-0.2, 0) is 0 Å². The first-order valence-electron chi connectivity index (χ1n) is 5.24. The molecule has 0 aromatic carbocycles. The summed E-state index contributed by atoms with van der Waals surface area (Å²) >= 11 is 1.52. The molecule has 0 N–H and O–H groups in total. The molecule has 0 saturated heterocycles. The summed E-state index contributed by atoms with van der Waals surface area (Å²) in [5.41, 5.74) is 2.32. The van der Waals surface area contributed by atoms with Crippen molar-refractivity contribution in [3.05, 3.63) is 42.0 Å². The van der Waals surface area contributed by atoms with E-state index in [-0.39, 0.29) is 0 Å². The molecule has 0 bridgehead atoms. The van der Waals surface area contributed by atoms with E-state index in [1.807, 2.05) is 12.3 Å². The summed E-state index contributed by atoms with van der Waals surface area (Å²) in [5, 5.41) is 14.1. The highest BCUT2D eigenvalue weighted by molar-refractivity contribution is 7.16. The fourth-order valence-corrected chi connectivity index (χ4v) is 2.65. The summed E-state index contributed by atoms with van der Waals surface area (Å²) in [6, 6.07) is 6.02. The van der Waals surface area contributed by atoms with Gasteiger partial charge in [-0.3, -0.25) is 4.57 Å². The molecular weight excluding hydrogens is 234 g/mol. The van der Waals surface area contributed by atoms with E-state index in [0.29, 0.717) is 0 Å². The Balaban J connectivity index is 2.07. The molecule has 0 aliphatic heterocycles. The lowest BCUT2D eigenvalue weighted by atomic mass is 10.5. The minimum Gasteiger partial charge on any atom is -0.293 e. The van der Waals surface area contributed by atoms with Crippen LogP contribution in [0.4, 0.5) is 0 Å². The van der Waals surface area contributed by atoms with Crippen LogP contribution in [0.1, 0.15) is 11.4 Å². The van der Waals surface area contributed by atoms with Crippen molar-refractivity contribution in [3.8, 4) is 10.3 Å². The van der Waals surface area contributed by atoms with Gasteiger partial charge in [-0.05, 0) is 32.0 Å². The van der Waals surface area contributed by atoms with Gasteiger partial charge in [0.25, 0.3) is 0 Å². The van der Waals surface area contributed by atoms with E-state index in [4.69, 9.17) is 0 Å². The zero-order chi connectivity index (χ0) is 11.8. The summed E-state index contributed by atoms with van der Waals surface area (Å²) in [5.74, 6) is 0. The second kappa shape index (κ2) is 3.81. The lowest BCUT2D eigenvalue weighted by Crippen LogP contribution is -1.97. The van der Waals surface area contributed by atoms with Gasteiger partial charge in [0.2, 0.25) is 10.3 Å². The number of aryl methyl sites for hydroxylation is 2. The molecule has 3 heterocycles. The number of aromatic nitrogens is 5. The van der Waals surface area contributed by atoms with Crippen LogP contribution in [0.5, 0.6) is 0 Å². The van der Waals surface area contributed by atoms with E-state index in [1.54, 1.807) is 10.9 Å². The zero-order valence-corrected chi connectivity index (χ0v) is 10.3. The highest BCUT2D eigenvalue weighted by atomic mass is 32.1. The molecule has 6 heteroatoms. The van der Waals surface area contributed by atoms with Gasteiger partial charge in [0.05, 0.1) is 0 Å². The normalized spacial score (nSPS) is 10.9. The maximum atomic E-state index is 4.21. The SMILES string of the molecule is Cc1ccc(C)n1-c1nnc(-n2cccn2)s1. The summed E-state index contributed by atoms with van der Waals surface area (Å²) in [4.78, 5) is 0. The topological polar surface area (TPSA) is 48.5 Å². The van der Waals surface area contributed by atoms with Crippen molar-refractivity contribution in [2.24, 2.45) is 0 Å². The molecule has 0 radical (unpaired) electrons. The van der Waals surface area contributed by atoms with E-state index >= 15 is 0 Å². The zero-order valence-electron chi connectivity index (χ0n) is 9.53. The molecule has 17 heavy (non-hydrogen) atoms. The number of hydrogen-bond donors (Lipinski definition) is 0. The molecule has 3 aromatic heterocycles. The molecule has 0 aliphatic carbocycles. The Hall–Kier alpha value is -1.95. The van der Waals surface area contributed by atoms with E-state index in [0.717, 1.165) is 21.7 Å². The van der Waals surface area contributed by atoms with Gasteiger partial charge in [-0.25, -0.2) is 4.68 Å². The highest BCUT2D eigenvalue weighted by Crippen LogP contribution is 2.21. The van der Waals surface area contributed by atoms with E-state index in [9.17, 15) is 0 Å². The quantitative estimate of drug-likeness (QED) is 0.695. The van der Waals surface area contributed by atoms with Gasteiger partial charge >= 0.3 is 0 Å². The first-order valence-corrected chi connectivity index (χ1v) is 6.06. The standard InChI is InChI=1S/C11H11N5S/c1-8-4-5-9(2)16(8)11-14-13-10(17-11)15-7-3-6-12-15/h3-7H,1-2H3. The summed E-state index contributed by atoms with van der Waals surface area (Å²) in [7, 11) is 0. The second-order valence-electron chi connectivity index (χ2n) is 3.77. The predicted molar refractivity (Wildman–Crippen MR) is 65.8 cm³/mol. The van der Waals surface area contributed by atoms with Gasteiger partial charge in [0.1, 0.15) is 0 Å². The van der Waals surface area contributed by atoms with Crippen molar-refractivity contribution in [1.82, 2.24) is 24.5 Å². The third-order valence-corrected chi connectivity index (χ3v) is 3.46. The van der Waals surface area contributed by atoms with Crippen molar-refractivity contribution in [2.45, 2.75) is 13.8 Å². The maximum absolute atomic E-state index is 4.21. The van der Waals surface area contributed by atoms with Crippen molar-refractivity contribution in [1.29, 1.82) is 0 Å². The molecule has 0 unspecified atom stereocenters. The molecule has 0 aliphatic rings. The van der Waals surface area contributed by atoms with Crippen LogP contribution in [0, 0.1) is 13.8 Å². The van der Waals surface area contributed by atoms with E-state index < -0.39 is 0 Å². The molecule has 0 atom stereocenters. The van der Waals surface area contributed by atoms with Crippen LogP contribution in [0.2, 0.25) is 0 Å². The summed E-state index contributed by atoms with van der Waals surface area (Å²) in [6.45, 7) is 4.12. The van der Waals surface area contributed by atoms with Crippen LogP contribution in [-0.4, -0.2) is 24.5 Å². The molecule has 86 valence electrons. The second-order valence-corrected chi connectivity index (χ2v) is 4.70. The van der Waals surface area contributed by atoms with Crippen LogP contribution >= 0.6 is 11.3 Å². The Morgan fingerprint density at radius 2 is 1.76 bits per heavy atom. The first kappa shape index (κ1) is 10.2. The van der Waals surface area contributed by atoms with Crippen LogP contribution in [0.3, 0.4) is 0 Å². The lowest BCUT2D eigenvalue weighted by Gasteiger charge is -2.02. The fourth-order valence-electron chi connectivity index (χ4n) is 1.74. The van der Waals surface area contributed by atoms with E-state index in [2.05, 4.69) is 45.8 Å². The fraction of sp³-hybridized carbons (Fsp3) is 0.182. The number of nitrogens with zero attached hydrogens (tertiary/aromatic N) is 5. The number of rotatable bonds is 2. The molecule has 0 saturated carbocycles. The van der Waals surface area contributed by atoms with Crippen molar-refractivity contribution < 1.29 is 0 Å². The Morgan fingerprint density at radius 1 is 1.06 bits per heavy atom. The summed E-state index contributed by atoms with van der Waals surface area (Å²) in [6.07, 6.45) is 3.59. The Bertz CT molecular complexity index is 615. The van der Waals surface area contributed by atoms with Gasteiger partial charge in [-0.2, -0.15) is 5.10 Å². The average Bonchev–Trinajstić information content (AvgIpc) is 2.98. The monoisotopic (exact) mass is 245 g/mol. The van der Waals surface area contributed by atoms with Gasteiger partial charge in [0, 0.05) is 23.8 Å². The number of hydrogen-bond acceptors (Lipinski definition) is 4. The Kier molecular flexibility index (Phi) is 2.29. The molecular formula is C11H11N5S. The molecule has 3 aromatic rings. The third-order valence-electron chi connectivity index (χ3n) is 2.57. The third kappa shape index (κ3) is 1.66. The smallest absolute Gasteiger partial charge is 0.234 e. The van der Waals surface area contributed by atoms with Crippen molar-refractivity contribution in [3.63, 3.8) is 0 Å². The Morgan fingerprint density at radius 3 is 2.41 bits per heavy atom. The molecule has 0 spiro atoms. The van der Waals surface area contributed by atoms with Crippen LogP contribution in [0.25, 0.3) is 10.3 Å².